The van der Waals surface area contributed by atoms with E-state index in [-0.39, 0.29) is 5.92 Å². The highest BCUT2D eigenvalue weighted by Crippen LogP contribution is 2.46. The van der Waals surface area contributed by atoms with E-state index in [0.717, 1.165) is 43.8 Å². The molecule has 1 aromatic carbocycles. The summed E-state index contributed by atoms with van der Waals surface area (Å²) in [5, 5.41) is 0. The predicted octanol–water partition coefficient (Wildman–Crippen LogP) is 3.73. The molecule has 1 nitrogen and oxygen atoms in total. The van der Waals surface area contributed by atoms with Crippen LogP contribution in [-0.2, 0) is 6.54 Å². The van der Waals surface area contributed by atoms with Gasteiger partial charge >= 0.3 is 0 Å². The molecule has 18 heavy (non-hydrogen) atoms. The van der Waals surface area contributed by atoms with E-state index in [4.69, 9.17) is 12.2 Å². The molecule has 3 heteroatoms. The lowest BCUT2D eigenvalue weighted by atomic mass is 9.72. The molecule has 96 valence electrons. The summed E-state index contributed by atoms with van der Waals surface area (Å²) < 4.78 is 14.4. The monoisotopic (exact) mass is 263 g/mol. The topological polar surface area (TPSA) is 3.24 Å². The average Bonchev–Trinajstić information content (AvgIpc) is 2.70. The number of nitrogens with zero attached hydrogens (tertiary/aromatic N) is 1. The Hall–Kier alpha value is -0.960. The summed E-state index contributed by atoms with van der Waals surface area (Å²) in [5.74, 6) is 0.127. The van der Waals surface area contributed by atoms with E-state index in [2.05, 4.69) is 17.0 Å². The maximum atomic E-state index is 14.4. The Balaban J connectivity index is 1.66. The molecule has 1 aliphatic heterocycles. The van der Waals surface area contributed by atoms with Gasteiger partial charge in [-0.1, -0.05) is 42.5 Å². The minimum absolute atomic E-state index is 0.127. The van der Waals surface area contributed by atoms with Crippen LogP contribution >= 0.6 is 12.2 Å². The van der Waals surface area contributed by atoms with Crippen LogP contribution in [-0.4, -0.2) is 22.1 Å². The van der Waals surface area contributed by atoms with Crippen LogP contribution in [0.2, 0.25) is 0 Å². The fourth-order valence-electron chi connectivity index (χ4n) is 3.00. The van der Waals surface area contributed by atoms with Crippen LogP contribution in [0.3, 0.4) is 0 Å². The van der Waals surface area contributed by atoms with E-state index in [1.54, 1.807) is 0 Å². The molecule has 1 aliphatic carbocycles. The van der Waals surface area contributed by atoms with Crippen molar-refractivity contribution in [1.82, 2.24) is 4.90 Å². The molecule has 0 spiro atoms. The highest BCUT2D eigenvalue weighted by atomic mass is 32.1. The molecule has 1 unspecified atom stereocenters. The van der Waals surface area contributed by atoms with Crippen molar-refractivity contribution in [3.8, 4) is 0 Å². The predicted molar refractivity (Wildman–Crippen MR) is 75.2 cm³/mol. The second-order valence-electron chi connectivity index (χ2n) is 5.55. The van der Waals surface area contributed by atoms with Gasteiger partial charge in [-0.3, -0.25) is 0 Å². The number of benzene rings is 1. The number of likely N-dealkylation sites (tertiary alicyclic amines) is 1. The lowest BCUT2D eigenvalue weighted by Crippen LogP contribution is -2.41. The molecule has 0 amide bonds. The van der Waals surface area contributed by atoms with Crippen molar-refractivity contribution in [3.05, 3.63) is 35.9 Å². The van der Waals surface area contributed by atoms with E-state index in [1.165, 1.54) is 5.56 Å². The van der Waals surface area contributed by atoms with Crippen molar-refractivity contribution >= 4 is 17.2 Å². The van der Waals surface area contributed by atoms with Gasteiger partial charge in [0.25, 0.3) is 0 Å². The van der Waals surface area contributed by atoms with Crippen LogP contribution in [0.15, 0.2) is 30.3 Å². The number of thiocarbonyl (C=S) groups is 1. The Morgan fingerprint density at radius 3 is 2.61 bits per heavy atom. The van der Waals surface area contributed by atoms with Crippen LogP contribution in [0, 0.1) is 5.92 Å². The summed E-state index contributed by atoms with van der Waals surface area (Å²) in [6.07, 6.45) is 3.27. The van der Waals surface area contributed by atoms with Gasteiger partial charge in [-0.05, 0) is 24.8 Å². The highest BCUT2D eigenvalue weighted by molar-refractivity contribution is 7.80. The first-order valence-electron chi connectivity index (χ1n) is 6.68. The van der Waals surface area contributed by atoms with E-state index in [0.29, 0.717) is 0 Å². The van der Waals surface area contributed by atoms with Crippen molar-refractivity contribution < 1.29 is 4.39 Å². The highest BCUT2D eigenvalue weighted by Gasteiger charge is 2.48. The van der Waals surface area contributed by atoms with Crippen molar-refractivity contribution in [3.63, 3.8) is 0 Å². The number of alkyl halides is 1. The first-order chi connectivity index (χ1) is 8.67. The van der Waals surface area contributed by atoms with E-state index in [9.17, 15) is 4.39 Å². The summed E-state index contributed by atoms with van der Waals surface area (Å²) in [6.45, 7) is 1.62. The van der Waals surface area contributed by atoms with Gasteiger partial charge in [0, 0.05) is 25.4 Å². The Morgan fingerprint density at radius 1 is 1.28 bits per heavy atom. The molecule has 2 aliphatic rings. The van der Waals surface area contributed by atoms with Gasteiger partial charge in [0.05, 0.1) is 4.99 Å². The van der Waals surface area contributed by atoms with Gasteiger partial charge in [-0.25, -0.2) is 4.39 Å². The Morgan fingerprint density at radius 2 is 2.00 bits per heavy atom. The zero-order chi connectivity index (χ0) is 12.6. The molecular weight excluding hydrogens is 245 g/mol. The molecule has 0 bridgehead atoms. The molecule has 1 atom stereocenters. The summed E-state index contributed by atoms with van der Waals surface area (Å²) >= 11 is 5.42. The lowest BCUT2D eigenvalue weighted by Gasteiger charge is -2.38. The third kappa shape index (κ3) is 2.16. The second-order valence-corrected chi connectivity index (χ2v) is 6.02. The van der Waals surface area contributed by atoms with Gasteiger partial charge < -0.3 is 4.90 Å². The number of hydrogen-bond donors (Lipinski definition) is 0. The van der Waals surface area contributed by atoms with Crippen LogP contribution < -0.4 is 0 Å². The summed E-state index contributed by atoms with van der Waals surface area (Å²) in [4.78, 5) is 3.11. The van der Waals surface area contributed by atoms with E-state index in [1.807, 2.05) is 18.2 Å². The fraction of sp³-hybridized carbons (Fsp3) is 0.533. The van der Waals surface area contributed by atoms with Crippen LogP contribution in [0.1, 0.15) is 31.2 Å². The maximum absolute atomic E-state index is 14.4. The van der Waals surface area contributed by atoms with Gasteiger partial charge in [-0.15, -0.1) is 0 Å². The van der Waals surface area contributed by atoms with Crippen LogP contribution in [0.25, 0.3) is 0 Å². The summed E-state index contributed by atoms with van der Waals surface area (Å²) in [6, 6.07) is 10.3. The fourth-order valence-corrected chi connectivity index (χ4v) is 3.34. The standard InChI is InChI=1S/C15H18FNS/c16-15(7-4-8-15)13-9-14(18)17(11-13)10-12-5-2-1-3-6-12/h1-3,5-6,13H,4,7-11H2. The molecule has 1 aromatic rings. The van der Waals surface area contributed by atoms with Crippen LogP contribution in [0.5, 0.6) is 0 Å². The summed E-state index contributed by atoms with van der Waals surface area (Å²) in [7, 11) is 0. The first-order valence-corrected chi connectivity index (χ1v) is 7.09. The maximum Gasteiger partial charge on any atom is 0.116 e. The second kappa shape index (κ2) is 4.61. The molecule has 3 rings (SSSR count). The average molecular weight is 263 g/mol. The number of halogens is 1. The quantitative estimate of drug-likeness (QED) is 0.764. The normalized spacial score (nSPS) is 26.2. The Kier molecular flexibility index (Phi) is 3.10. The number of hydrogen-bond acceptors (Lipinski definition) is 1. The summed E-state index contributed by atoms with van der Waals surface area (Å²) in [5.41, 5.74) is 0.331. The first kappa shape index (κ1) is 12.1. The van der Waals surface area contributed by atoms with Gasteiger partial charge in [0.15, 0.2) is 0 Å². The molecule has 1 heterocycles. The van der Waals surface area contributed by atoms with Gasteiger partial charge in [-0.2, -0.15) is 0 Å². The van der Waals surface area contributed by atoms with Gasteiger partial charge in [0.1, 0.15) is 5.67 Å². The Labute approximate surface area is 113 Å². The smallest absolute Gasteiger partial charge is 0.116 e. The minimum atomic E-state index is -0.921. The van der Waals surface area contributed by atoms with Crippen molar-refractivity contribution in [2.75, 3.05) is 6.54 Å². The zero-order valence-electron chi connectivity index (χ0n) is 10.4. The molecule has 1 saturated carbocycles. The molecule has 0 radical (unpaired) electrons. The largest absolute Gasteiger partial charge is 0.361 e. The molecule has 0 aromatic heterocycles. The number of rotatable bonds is 3. The van der Waals surface area contributed by atoms with Crippen molar-refractivity contribution in [2.24, 2.45) is 5.92 Å². The molecule has 2 fully saturated rings. The molecular formula is C15H18FNS. The third-order valence-corrected chi connectivity index (χ3v) is 4.77. The minimum Gasteiger partial charge on any atom is -0.361 e. The van der Waals surface area contributed by atoms with Crippen LogP contribution in [0.4, 0.5) is 4.39 Å². The molecule has 1 saturated heterocycles. The van der Waals surface area contributed by atoms with E-state index < -0.39 is 5.67 Å². The van der Waals surface area contributed by atoms with E-state index >= 15 is 0 Å². The SMILES string of the molecule is FC1(C2CC(=S)N(Cc3ccccc3)C2)CCC1. The Bertz CT molecular complexity index is 441. The third-order valence-electron chi connectivity index (χ3n) is 4.35. The molecule has 0 N–H and O–H groups in total. The van der Waals surface area contributed by atoms with Crippen molar-refractivity contribution in [1.29, 1.82) is 0 Å². The lowest BCUT2D eigenvalue weighted by molar-refractivity contribution is 0.00296. The van der Waals surface area contributed by atoms with Gasteiger partial charge in [0.2, 0.25) is 0 Å². The van der Waals surface area contributed by atoms with Crippen molar-refractivity contribution in [2.45, 2.75) is 37.9 Å². The zero-order valence-corrected chi connectivity index (χ0v) is 11.3.